The van der Waals surface area contributed by atoms with Gasteiger partial charge in [0, 0.05) is 5.57 Å². The number of Topliss-reactive ketones (excluding diaryl/α,β-unsaturated/α-hetero) is 1. The zero-order valence-corrected chi connectivity index (χ0v) is 8.01. The van der Waals surface area contributed by atoms with Gasteiger partial charge in [0.05, 0.1) is 5.57 Å². The van der Waals surface area contributed by atoms with Crippen LogP contribution in [0.25, 0.3) is 0 Å². The van der Waals surface area contributed by atoms with Crippen molar-refractivity contribution < 1.29 is 9.90 Å². The topological polar surface area (TPSA) is 37.3 Å². The Labute approximate surface area is 77.3 Å². The molecule has 13 heavy (non-hydrogen) atoms. The van der Waals surface area contributed by atoms with Crippen molar-refractivity contribution in [3.05, 3.63) is 34.6 Å². The number of carbonyl (C=O) groups excluding carboxylic acids is 1. The van der Waals surface area contributed by atoms with E-state index in [1.165, 1.54) is 6.08 Å². The number of aliphatic hydroxyl groups excluding tert-OH is 1. The van der Waals surface area contributed by atoms with Gasteiger partial charge in [0.1, 0.15) is 5.76 Å². The molecule has 0 spiro atoms. The fourth-order valence-electron chi connectivity index (χ4n) is 1.73. The standard InChI is InChI=1S/C11H12O2/c1-11(2,3)7-4-6-5-8(12)9(7)10(6)13/h4-5,12H,1-3H3. The molecule has 68 valence electrons. The van der Waals surface area contributed by atoms with Gasteiger partial charge in [-0.05, 0) is 23.1 Å². The van der Waals surface area contributed by atoms with Crippen LogP contribution in [0.2, 0.25) is 0 Å². The maximum absolute atomic E-state index is 11.5. The van der Waals surface area contributed by atoms with Crippen LogP contribution in [-0.2, 0) is 4.79 Å². The van der Waals surface area contributed by atoms with Gasteiger partial charge in [-0.1, -0.05) is 20.8 Å². The molecule has 0 aromatic rings. The molecule has 0 atom stereocenters. The molecular weight excluding hydrogens is 164 g/mol. The van der Waals surface area contributed by atoms with E-state index in [9.17, 15) is 9.90 Å². The molecule has 0 aromatic heterocycles. The third kappa shape index (κ3) is 0.981. The number of hydrogen-bond acceptors (Lipinski definition) is 2. The third-order valence-corrected chi connectivity index (χ3v) is 2.41. The van der Waals surface area contributed by atoms with Gasteiger partial charge in [0.25, 0.3) is 0 Å². The van der Waals surface area contributed by atoms with Gasteiger partial charge in [0.2, 0.25) is 0 Å². The molecule has 0 heterocycles. The van der Waals surface area contributed by atoms with Gasteiger partial charge >= 0.3 is 0 Å². The molecule has 2 nitrogen and oxygen atoms in total. The Morgan fingerprint density at radius 2 is 1.85 bits per heavy atom. The van der Waals surface area contributed by atoms with Crippen LogP contribution in [0.4, 0.5) is 0 Å². The molecule has 0 amide bonds. The summed E-state index contributed by atoms with van der Waals surface area (Å²) < 4.78 is 0. The van der Waals surface area contributed by atoms with Crippen LogP contribution in [0.15, 0.2) is 34.6 Å². The van der Waals surface area contributed by atoms with Gasteiger partial charge in [-0.2, -0.15) is 0 Å². The predicted molar refractivity (Wildman–Crippen MR) is 50.3 cm³/mol. The molecule has 1 N–H and O–H groups in total. The minimum absolute atomic E-state index is 0.0255. The predicted octanol–water partition coefficient (Wildman–Crippen LogP) is 2.29. The number of ketones is 1. The SMILES string of the molecule is CC(C)(C)C1=C2C(=O)C(=C1)C=C2O. The van der Waals surface area contributed by atoms with Gasteiger partial charge in [-0.25, -0.2) is 0 Å². The highest BCUT2D eigenvalue weighted by molar-refractivity contribution is 6.20. The normalized spacial score (nSPS) is 21.0. The largest absolute Gasteiger partial charge is 0.507 e. The van der Waals surface area contributed by atoms with E-state index in [0.717, 1.165) is 5.57 Å². The number of aliphatic hydroxyl groups is 1. The molecule has 0 aliphatic heterocycles. The third-order valence-electron chi connectivity index (χ3n) is 2.41. The van der Waals surface area contributed by atoms with Crippen molar-refractivity contribution in [2.45, 2.75) is 20.8 Å². The Kier molecular flexibility index (Phi) is 1.36. The van der Waals surface area contributed by atoms with E-state index in [1.54, 1.807) is 0 Å². The van der Waals surface area contributed by atoms with Gasteiger partial charge < -0.3 is 5.11 Å². The van der Waals surface area contributed by atoms with Crippen molar-refractivity contribution in [3.63, 3.8) is 0 Å². The van der Waals surface area contributed by atoms with Crippen molar-refractivity contribution in [3.8, 4) is 0 Å². The molecule has 0 saturated heterocycles. The second-order valence-corrected chi connectivity index (χ2v) is 4.50. The fraction of sp³-hybridized carbons (Fsp3) is 0.364. The minimum Gasteiger partial charge on any atom is -0.507 e. The van der Waals surface area contributed by atoms with Crippen molar-refractivity contribution in [2.24, 2.45) is 5.41 Å². The number of carbonyl (C=O) groups is 1. The van der Waals surface area contributed by atoms with Gasteiger partial charge in [0.15, 0.2) is 5.78 Å². The molecule has 2 aliphatic rings. The smallest absolute Gasteiger partial charge is 0.197 e. The average molecular weight is 176 g/mol. The zero-order chi connectivity index (χ0) is 9.80. The molecule has 2 rings (SSSR count). The van der Waals surface area contributed by atoms with Crippen LogP contribution < -0.4 is 0 Å². The highest BCUT2D eigenvalue weighted by atomic mass is 16.3. The Bertz CT molecular complexity index is 387. The summed E-state index contributed by atoms with van der Waals surface area (Å²) >= 11 is 0. The Morgan fingerprint density at radius 3 is 2.15 bits per heavy atom. The Morgan fingerprint density at radius 1 is 1.23 bits per heavy atom. The highest BCUT2D eigenvalue weighted by Gasteiger charge is 2.37. The summed E-state index contributed by atoms with van der Waals surface area (Å²) in [5.74, 6) is 0.106. The molecule has 0 aromatic carbocycles. The highest BCUT2D eigenvalue weighted by Crippen LogP contribution is 2.42. The van der Waals surface area contributed by atoms with Crippen LogP contribution in [0.5, 0.6) is 0 Å². The van der Waals surface area contributed by atoms with Crippen LogP contribution >= 0.6 is 0 Å². The Hall–Kier alpha value is -1.31. The van der Waals surface area contributed by atoms with Gasteiger partial charge in [-0.3, -0.25) is 4.79 Å². The first kappa shape index (κ1) is 8.30. The lowest BCUT2D eigenvalue weighted by Crippen LogP contribution is -2.10. The van der Waals surface area contributed by atoms with Crippen molar-refractivity contribution in [1.82, 2.24) is 0 Å². The molecule has 0 fully saturated rings. The van der Waals surface area contributed by atoms with E-state index in [0.29, 0.717) is 11.1 Å². The summed E-state index contributed by atoms with van der Waals surface area (Å²) in [5.41, 5.74) is 2.00. The van der Waals surface area contributed by atoms with Crippen LogP contribution in [0.3, 0.4) is 0 Å². The number of fused-ring (bicyclic) bond motifs is 2. The minimum atomic E-state index is -0.0744. The second kappa shape index (κ2) is 2.13. The number of allylic oxidation sites excluding steroid dienone is 5. The first-order valence-electron chi connectivity index (χ1n) is 4.33. The maximum Gasteiger partial charge on any atom is 0.197 e. The monoisotopic (exact) mass is 176 g/mol. The zero-order valence-electron chi connectivity index (χ0n) is 8.01. The Balaban J connectivity index is 2.61. The lowest BCUT2D eigenvalue weighted by molar-refractivity contribution is -0.111. The summed E-state index contributed by atoms with van der Waals surface area (Å²) in [6.45, 7) is 6.11. The first-order chi connectivity index (χ1) is 5.91. The number of hydrogen-bond donors (Lipinski definition) is 1. The first-order valence-corrected chi connectivity index (χ1v) is 4.33. The van der Waals surface area contributed by atoms with E-state index in [1.807, 2.05) is 26.8 Å². The summed E-state index contributed by atoms with van der Waals surface area (Å²) in [5, 5.41) is 9.47. The lowest BCUT2D eigenvalue weighted by atomic mass is 9.84. The molecule has 0 saturated carbocycles. The van der Waals surface area contributed by atoms with Crippen molar-refractivity contribution >= 4 is 5.78 Å². The van der Waals surface area contributed by atoms with E-state index in [4.69, 9.17) is 0 Å². The molecule has 0 unspecified atom stereocenters. The van der Waals surface area contributed by atoms with Crippen molar-refractivity contribution in [1.29, 1.82) is 0 Å². The average Bonchev–Trinajstić information content (AvgIpc) is 2.40. The summed E-state index contributed by atoms with van der Waals surface area (Å²) in [4.78, 5) is 11.5. The van der Waals surface area contributed by atoms with E-state index >= 15 is 0 Å². The summed E-state index contributed by atoms with van der Waals surface area (Å²) in [6, 6.07) is 0. The van der Waals surface area contributed by atoms with Crippen LogP contribution in [0, 0.1) is 5.41 Å². The second-order valence-electron chi connectivity index (χ2n) is 4.50. The van der Waals surface area contributed by atoms with Crippen molar-refractivity contribution in [2.75, 3.05) is 0 Å². The molecule has 2 aliphatic carbocycles. The maximum atomic E-state index is 11.5. The van der Waals surface area contributed by atoms with E-state index in [2.05, 4.69) is 0 Å². The van der Waals surface area contributed by atoms with E-state index < -0.39 is 0 Å². The molecule has 2 heteroatoms. The quantitative estimate of drug-likeness (QED) is 0.614. The number of rotatable bonds is 0. The molecular formula is C11H12O2. The lowest BCUT2D eigenvalue weighted by Gasteiger charge is -2.21. The van der Waals surface area contributed by atoms with Crippen LogP contribution in [0.1, 0.15) is 20.8 Å². The summed E-state index contributed by atoms with van der Waals surface area (Å²) in [7, 11) is 0. The van der Waals surface area contributed by atoms with Crippen LogP contribution in [-0.4, -0.2) is 10.9 Å². The molecule has 0 radical (unpaired) electrons. The fourth-order valence-corrected chi connectivity index (χ4v) is 1.73. The molecule has 2 bridgehead atoms. The van der Waals surface area contributed by atoms with Gasteiger partial charge in [-0.15, -0.1) is 0 Å². The van der Waals surface area contributed by atoms with E-state index in [-0.39, 0.29) is 17.0 Å². The summed E-state index contributed by atoms with van der Waals surface area (Å²) in [6.07, 6.45) is 3.41.